The molecule has 2 heteroatoms. The third kappa shape index (κ3) is 501. The van der Waals surface area contributed by atoms with Gasteiger partial charge in [0.15, 0.2) is 0 Å². The van der Waals surface area contributed by atoms with E-state index in [-0.39, 0.29) is 17.0 Å². The topological polar surface area (TPSA) is 34.1 Å². The number of rotatable bonds is 0. The van der Waals surface area contributed by atoms with E-state index in [0.29, 0.717) is 5.41 Å². The predicted molar refractivity (Wildman–Crippen MR) is 183 cm³/mol. The zero-order valence-electron chi connectivity index (χ0n) is 32.2. The second kappa shape index (κ2) is 102. The zero-order valence-corrected chi connectivity index (χ0v) is 32.2. The van der Waals surface area contributed by atoms with Crippen LogP contribution in [0.15, 0.2) is 0 Å². The Hall–Kier alpha value is -0.660. The van der Waals surface area contributed by atoms with Crippen molar-refractivity contribution in [3.8, 4) is 0 Å². The molecule has 0 amide bonds. The van der Waals surface area contributed by atoms with Crippen LogP contribution in [0.2, 0.25) is 0 Å². The molecule has 0 N–H and O–H groups in total. The minimum absolute atomic E-state index is 0.139. The molecule has 0 saturated heterocycles. The number of carbonyl (C=O) groups excluding carboxylic acids is 2. The van der Waals surface area contributed by atoms with Gasteiger partial charge < -0.3 is 4.79 Å². The molecular weight excluding hydrogens is 440 g/mol. The van der Waals surface area contributed by atoms with Crippen LogP contribution in [-0.2, 0) is 9.59 Å². The molecule has 0 aliphatic carbocycles. The molecule has 0 fully saturated rings. The van der Waals surface area contributed by atoms with Crippen LogP contribution >= 0.6 is 0 Å². The van der Waals surface area contributed by atoms with E-state index in [2.05, 4.69) is 41.5 Å². The van der Waals surface area contributed by atoms with Crippen molar-refractivity contribution in [2.75, 3.05) is 0 Å². The number of hydrogen-bond acceptors (Lipinski definition) is 2. The van der Waals surface area contributed by atoms with Gasteiger partial charge in [-0.2, -0.15) is 0 Å². The molecule has 0 heterocycles. The Morgan fingerprint density at radius 3 is 0.500 bits per heavy atom. The van der Waals surface area contributed by atoms with Crippen LogP contribution in [0.5, 0.6) is 0 Å². The van der Waals surface area contributed by atoms with E-state index in [9.17, 15) is 9.59 Å². The summed E-state index contributed by atoms with van der Waals surface area (Å²) in [5, 5.41) is 0. The van der Waals surface area contributed by atoms with Crippen molar-refractivity contribution in [3.63, 3.8) is 0 Å². The quantitative estimate of drug-likeness (QED) is 0.313. The van der Waals surface area contributed by atoms with E-state index in [1.165, 1.54) is 26.7 Å². The number of ketones is 2. The molecule has 0 aromatic carbocycles. The summed E-state index contributed by atoms with van der Waals surface area (Å²) < 4.78 is 0. The largest absolute Gasteiger partial charge is 0.300 e. The van der Waals surface area contributed by atoms with Crippen LogP contribution in [0.3, 0.4) is 0 Å². The van der Waals surface area contributed by atoms with Gasteiger partial charge in [0.05, 0.1) is 0 Å². The first-order chi connectivity index (χ1) is 16.7. The molecule has 0 saturated carbocycles. The van der Waals surface area contributed by atoms with E-state index in [1.807, 2.05) is 132 Å². The maximum absolute atomic E-state index is 10.5. The fourth-order valence-corrected chi connectivity index (χ4v) is 0. The van der Waals surface area contributed by atoms with Crippen LogP contribution in [-0.4, -0.2) is 11.6 Å². The Morgan fingerprint density at radius 1 is 0.444 bits per heavy atom. The van der Waals surface area contributed by atoms with Gasteiger partial charge in [-0.1, -0.05) is 186 Å². The van der Waals surface area contributed by atoms with E-state index in [0.717, 1.165) is 0 Å². The number of hydrogen-bond donors (Lipinski definition) is 0. The Balaban J connectivity index is -0.0000000183. The van der Waals surface area contributed by atoms with Crippen LogP contribution in [0.1, 0.15) is 207 Å². The SMILES string of the molecule is CC.CC.CC.CC.CC.CC.CC.CC.CC(=O)C(C)(C)C.CC(C)=O.CCC.CCC(C)(C)C. The van der Waals surface area contributed by atoms with Crippen LogP contribution in [0.25, 0.3) is 0 Å². The molecule has 0 radical (unpaired) electrons. The zero-order chi connectivity index (χ0) is 33.6. The van der Waals surface area contributed by atoms with Gasteiger partial charge in [-0.25, -0.2) is 0 Å². The van der Waals surface area contributed by atoms with Gasteiger partial charge in [-0.3, -0.25) is 4.79 Å². The van der Waals surface area contributed by atoms with Gasteiger partial charge in [0.25, 0.3) is 0 Å². The molecule has 0 spiro atoms. The molecule has 0 rings (SSSR count). The third-order valence-corrected chi connectivity index (χ3v) is 2.12. The van der Waals surface area contributed by atoms with E-state index < -0.39 is 0 Å². The van der Waals surface area contributed by atoms with Crippen LogP contribution in [0.4, 0.5) is 0 Å². The lowest BCUT2D eigenvalue weighted by Gasteiger charge is -2.12. The lowest BCUT2D eigenvalue weighted by molar-refractivity contribution is -0.124. The molecule has 0 aromatic heterocycles. The molecule has 36 heavy (non-hydrogen) atoms. The fraction of sp³-hybridized carbons (Fsp3) is 0.941. The minimum atomic E-state index is -0.139. The van der Waals surface area contributed by atoms with Crippen molar-refractivity contribution in [1.82, 2.24) is 0 Å². The van der Waals surface area contributed by atoms with Gasteiger partial charge in [-0.05, 0) is 26.2 Å². The highest BCUT2D eigenvalue weighted by molar-refractivity contribution is 5.80. The lowest BCUT2D eigenvalue weighted by atomic mass is 9.92. The summed E-state index contributed by atoms with van der Waals surface area (Å²) >= 11 is 0. The highest BCUT2D eigenvalue weighted by Gasteiger charge is 2.14. The summed E-state index contributed by atoms with van der Waals surface area (Å²) in [6.07, 6.45) is 2.52. The monoisotopic (exact) mass is 529 g/mol. The Morgan fingerprint density at radius 2 is 0.500 bits per heavy atom. The molecule has 0 bridgehead atoms. The first-order valence-corrected chi connectivity index (χ1v) is 15.6. The van der Waals surface area contributed by atoms with Gasteiger partial charge in [0.1, 0.15) is 11.6 Å². The molecule has 0 aromatic rings. The smallest absolute Gasteiger partial charge is 0.135 e. The van der Waals surface area contributed by atoms with Crippen molar-refractivity contribution >= 4 is 11.6 Å². The standard InChI is InChI=1S/C6H12O.C6H14.C3H6O.C3H8.8C2H6/c1-5(7)6(2,3)4;1-5-6(2,3)4;1-3(2)4;1-3-2;8*1-2/h1-4H3;5H2,1-4H3;1-2H3;3H2,1-2H3;8*1-2H3. The van der Waals surface area contributed by atoms with Gasteiger partial charge >= 0.3 is 0 Å². The van der Waals surface area contributed by atoms with Crippen molar-refractivity contribution in [1.29, 1.82) is 0 Å². The Bertz CT molecular complexity index is 225. The highest BCUT2D eigenvalue weighted by Crippen LogP contribution is 2.16. The lowest BCUT2D eigenvalue weighted by Crippen LogP contribution is -2.15. The van der Waals surface area contributed by atoms with Crippen LogP contribution in [0, 0.1) is 10.8 Å². The summed E-state index contributed by atoms with van der Waals surface area (Å²) in [7, 11) is 0. The summed E-state index contributed by atoms with van der Waals surface area (Å²) in [5.41, 5.74) is 0.403. The van der Waals surface area contributed by atoms with Crippen molar-refractivity contribution in [2.45, 2.75) is 207 Å². The van der Waals surface area contributed by atoms with E-state index in [4.69, 9.17) is 0 Å². The molecule has 0 aliphatic rings. The normalized spacial score (nSPS) is 6.78. The molecule has 0 atom stereocenters. The number of carbonyl (C=O) groups is 2. The molecule has 236 valence electrons. The average molecular weight is 529 g/mol. The third-order valence-electron chi connectivity index (χ3n) is 2.12. The van der Waals surface area contributed by atoms with Crippen molar-refractivity contribution < 1.29 is 9.59 Å². The summed E-state index contributed by atoms with van der Waals surface area (Å²) in [5.74, 6) is 0.410. The van der Waals surface area contributed by atoms with E-state index in [1.54, 1.807) is 6.92 Å². The average Bonchev–Trinajstić information content (AvgIpc) is 2.88. The van der Waals surface area contributed by atoms with E-state index >= 15 is 0 Å². The second-order valence-corrected chi connectivity index (χ2v) is 7.34. The summed E-state index contributed by atoms with van der Waals surface area (Å²) in [4.78, 5) is 19.9. The van der Waals surface area contributed by atoms with Crippen LogP contribution < -0.4 is 0 Å². The fourth-order valence-electron chi connectivity index (χ4n) is 0. The summed E-state index contributed by atoms with van der Waals surface area (Å²) in [6.45, 7) is 55.6. The predicted octanol–water partition coefficient (Wildman–Crippen LogP) is 14.3. The first-order valence-electron chi connectivity index (χ1n) is 15.6. The maximum Gasteiger partial charge on any atom is 0.135 e. The molecule has 2 nitrogen and oxygen atoms in total. The summed E-state index contributed by atoms with van der Waals surface area (Å²) in [6, 6.07) is 0. The highest BCUT2D eigenvalue weighted by atomic mass is 16.1. The number of Topliss-reactive ketones (excluding diaryl/α,β-unsaturated/α-hetero) is 2. The second-order valence-electron chi connectivity index (χ2n) is 7.34. The molecular formula is C34H88O2. The molecule has 0 unspecified atom stereocenters. The molecule has 0 aliphatic heterocycles. The Labute approximate surface area is 238 Å². The maximum atomic E-state index is 10.5. The van der Waals surface area contributed by atoms with Gasteiger partial charge in [0.2, 0.25) is 0 Å². The van der Waals surface area contributed by atoms with Crippen molar-refractivity contribution in [2.24, 2.45) is 10.8 Å². The Kier molecular flexibility index (Phi) is 217. The van der Waals surface area contributed by atoms with Gasteiger partial charge in [0, 0.05) is 5.41 Å². The first kappa shape index (κ1) is 76.5. The van der Waals surface area contributed by atoms with Gasteiger partial charge in [-0.15, -0.1) is 0 Å². The minimum Gasteiger partial charge on any atom is -0.300 e. The van der Waals surface area contributed by atoms with Crippen molar-refractivity contribution in [3.05, 3.63) is 0 Å².